The Morgan fingerprint density at radius 2 is 2.00 bits per heavy atom. The van der Waals surface area contributed by atoms with Crippen LogP contribution in [0.25, 0.3) is 0 Å². The minimum Gasteiger partial charge on any atom is -0.393 e. The fourth-order valence-electron chi connectivity index (χ4n) is 4.01. The Kier molecular flexibility index (Phi) is 11.6. The molecule has 1 heterocycles. The third-order valence-electron chi connectivity index (χ3n) is 5.97. The van der Waals surface area contributed by atoms with Gasteiger partial charge in [0, 0.05) is 23.6 Å². The number of sulfonamides is 1. The van der Waals surface area contributed by atoms with Crippen molar-refractivity contribution in [2.45, 2.75) is 75.7 Å². The first-order chi connectivity index (χ1) is 16.7. The summed E-state index contributed by atoms with van der Waals surface area (Å²) in [6.45, 7) is 2.00. The SMILES string of the molecule is Cc1cc(CCC(O)C=C[C@@H]2[C@@H](CC=CCCCC(=O)NS(=O)(=O)C(F)(F)F)[C@@H](O)C[C@H]2O)sc1Br. The molecule has 36 heavy (non-hydrogen) atoms. The summed E-state index contributed by atoms with van der Waals surface area (Å²) < 4.78 is 60.7. The van der Waals surface area contributed by atoms with Gasteiger partial charge in [0.25, 0.3) is 0 Å². The number of aryl methyl sites for hydroxylation is 2. The molecule has 1 saturated carbocycles. The van der Waals surface area contributed by atoms with Crippen LogP contribution in [0.5, 0.6) is 0 Å². The fourth-order valence-corrected chi connectivity index (χ4v) is 6.17. The van der Waals surface area contributed by atoms with Gasteiger partial charge in [-0.2, -0.15) is 21.6 Å². The third kappa shape index (κ3) is 9.25. The average molecular weight is 619 g/mol. The highest BCUT2D eigenvalue weighted by Crippen LogP contribution is 2.36. The Labute approximate surface area is 221 Å². The van der Waals surface area contributed by atoms with Crippen molar-refractivity contribution in [2.24, 2.45) is 11.8 Å². The van der Waals surface area contributed by atoms with Crippen molar-refractivity contribution in [3.8, 4) is 0 Å². The summed E-state index contributed by atoms with van der Waals surface area (Å²) in [5.74, 6) is -1.87. The maximum atomic E-state index is 12.3. The molecule has 1 aromatic rings. The molecular formula is C23H31BrF3NO6S2. The number of amides is 1. The molecule has 1 amide bonds. The van der Waals surface area contributed by atoms with Crippen LogP contribution in [0.3, 0.4) is 0 Å². The molecule has 0 aromatic carbocycles. The zero-order chi connectivity index (χ0) is 27.1. The highest BCUT2D eigenvalue weighted by atomic mass is 79.9. The molecule has 1 fully saturated rings. The molecule has 0 saturated heterocycles. The number of hydrogen-bond acceptors (Lipinski definition) is 7. The first-order valence-corrected chi connectivity index (χ1v) is 14.5. The summed E-state index contributed by atoms with van der Waals surface area (Å²) in [5.41, 5.74) is -4.40. The van der Waals surface area contributed by atoms with Crippen molar-refractivity contribution >= 4 is 43.2 Å². The molecule has 0 radical (unpaired) electrons. The number of allylic oxidation sites excluding steroid dienone is 2. The van der Waals surface area contributed by atoms with Gasteiger partial charge >= 0.3 is 15.5 Å². The molecule has 13 heteroatoms. The van der Waals surface area contributed by atoms with Crippen molar-refractivity contribution in [2.75, 3.05) is 0 Å². The summed E-state index contributed by atoms with van der Waals surface area (Å²) in [6, 6.07) is 2.07. The number of thiophene rings is 1. The van der Waals surface area contributed by atoms with Crippen molar-refractivity contribution in [1.82, 2.24) is 4.72 Å². The topological polar surface area (TPSA) is 124 Å². The molecule has 2 rings (SSSR count). The van der Waals surface area contributed by atoms with Crippen molar-refractivity contribution in [3.05, 3.63) is 44.6 Å². The van der Waals surface area contributed by atoms with Crippen LogP contribution in [-0.4, -0.2) is 53.5 Å². The van der Waals surface area contributed by atoms with E-state index in [1.165, 1.54) is 0 Å². The first-order valence-electron chi connectivity index (χ1n) is 11.5. The lowest BCUT2D eigenvalue weighted by Crippen LogP contribution is -2.40. The Balaban J connectivity index is 1.78. The van der Waals surface area contributed by atoms with Crippen molar-refractivity contribution in [1.29, 1.82) is 0 Å². The number of aliphatic hydroxyl groups excluding tert-OH is 3. The fraction of sp³-hybridized carbons (Fsp3) is 0.609. The first kappa shape index (κ1) is 31.0. The van der Waals surface area contributed by atoms with Crippen LogP contribution < -0.4 is 4.72 Å². The van der Waals surface area contributed by atoms with Gasteiger partial charge in [-0.05, 0) is 72.5 Å². The number of rotatable bonds is 12. The molecule has 0 aliphatic heterocycles. The van der Waals surface area contributed by atoms with Crippen LogP contribution in [0.15, 0.2) is 34.2 Å². The lowest BCUT2D eigenvalue weighted by molar-refractivity contribution is -0.120. The van der Waals surface area contributed by atoms with Crippen molar-refractivity contribution < 1.29 is 41.7 Å². The maximum absolute atomic E-state index is 12.3. The third-order valence-corrected chi connectivity index (χ3v) is 9.27. The van der Waals surface area contributed by atoms with Gasteiger partial charge in [-0.15, -0.1) is 11.3 Å². The second-order valence-corrected chi connectivity index (χ2v) is 13.0. The van der Waals surface area contributed by atoms with E-state index in [4.69, 9.17) is 0 Å². The van der Waals surface area contributed by atoms with E-state index in [2.05, 4.69) is 22.0 Å². The number of alkyl halides is 3. The predicted octanol–water partition coefficient (Wildman–Crippen LogP) is 4.11. The average Bonchev–Trinajstić information content (AvgIpc) is 3.22. The zero-order valence-electron chi connectivity index (χ0n) is 19.6. The second-order valence-electron chi connectivity index (χ2n) is 8.85. The number of aliphatic hydroxyl groups is 3. The highest BCUT2D eigenvalue weighted by molar-refractivity contribution is 9.11. The molecule has 204 valence electrons. The molecule has 1 aromatic heterocycles. The van der Waals surface area contributed by atoms with Gasteiger partial charge in [0.1, 0.15) is 0 Å². The normalized spacial score (nSPS) is 24.1. The van der Waals surface area contributed by atoms with Gasteiger partial charge in [0.15, 0.2) is 0 Å². The summed E-state index contributed by atoms with van der Waals surface area (Å²) in [6.07, 6.45) is 6.58. The number of unbranched alkanes of at least 4 members (excludes halogenated alkanes) is 1. The van der Waals surface area contributed by atoms with Gasteiger partial charge in [-0.25, -0.2) is 4.72 Å². The Morgan fingerprint density at radius 1 is 1.31 bits per heavy atom. The minimum atomic E-state index is -5.70. The smallest absolute Gasteiger partial charge is 0.393 e. The largest absolute Gasteiger partial charge is 0.516 e. The second kappa shape index (κ2) is 13.5. The van der Waals surface area contributed by atoms with E-state index in [9.17, 15) is 41.7 Å². The zero-order valence-corrected chi connectivity index (χ0v) is 22.8. The van der Waals surface area contributed by atoms with E-state index >= 15 is 0 Å². The minimum absolute atomic E-state index is 0.140. The number of carbonyl (C=O) groups excluding carboxylic acids is 1. The monoisotopic (exact) mass is 617 g/mol. The predicted molar refractivity (Wildman–Crippen MR) is 135 cm³/mol. The highest BCUT2D eigenvalue weighted by Gasteiger charge is 2.46. The van der Waals surface area contributed by atoms with Crippen LogP contribution in [0, 0.1) is 18.8 Å². The molecule has 5 atom stereocenters. The van der Waals surface area contributed by atoms with Gasteiger partial charge < -0.3 is 15.3 Å². The summed E-state index contributed by atoms with van der Waals surface area (Å²) in [7, 11) is -5.70. The quantitative estimate of drug-likeness (QED) is 0.207. The molecule has 1 unspecified atom stereocenters. The van der Waals surface area contributed by atoms with Gasteiger partial charge in [0.2, 0.25) is 5.91 Å². The molecule has 7 nitrogen and oxygen atoms in total. The molecule has 0 spiro atoms. The Bertz CT molecular complexity index is 1020. The maximum Gasteiger partial charge on any atom is 0.516 e. The molecule has 1 aliphatic carbocycles. The Morgan fingerprint density at radius 3 is 2.61 bits per heavy atom. The number of hydrogen-bond donors (Lipinski definition) is 4. The lowest BCUT2D eigenvalue weighted by Gasteiger charge is -2.19. The van der Waals surface area contributed by atoms with Crippen LogP contribution in [0.1, 0.15) is 49.0 Å². The number of carbonyl (C=O) groups is 1. The Hall–Kier alpha value is -1.25. The van der Waals surface area contributed by atoms with Crippen LogP contribution >= 0.6 is 27.3 Å². The molecule has 0 bridgehead atoms. The molecular weight excluding hydrogens is 587 g/mol. The van der Waals surface area contributed by atoms with E-state index in [1.54, 1.807) is 35.6 Å². The van der Waals surface area contributed by atoms with E-state index < -0.39 is 46.2 Å². The van der Waals surface area contributed by atoms with Crippen LogP contribution in [0.2, 0.25) is 0 Å². The van der Waals surface area contributed by atoms with Gasteiger partial charge in [-0.3, -0.25) is 4.79 Å². The number of nitrogens with one attached hydrogen (secondary N) is 1. The van der Waals surface area contributed by atoms with E-state index in [-0.39, 0.29) is 24.7 Å². The van der Waals surface area contributed by atoms with Crippen LogP contribution in [-0.2, 0) is 21.2 Å². The molecule has 1 aliphatic rings. The van der Waals surface area contributed by atoms with Crippen LogP contribution in [0.4, 0.5) is 13.2 Å². The summed E-state index contributed by atoms with van der Waals surface area (Å²) in [4.78, 5) is 12.6. The van der Waals surface area contributed by atoms with Crippen molar-refractivity contribution in [3.63, 3.8) is 0 Å². The summed E-state index contributed by atoms with van der Waals surface area (Å²) >= 11 is 5.11. The van der Waals surface area contributed by atoms with E-state index in [1.807, 2.05) is 6.92 Å². The molecule has 4 N–H and O–H groups in total. The lowest BCUT2D eigenvalue weighted by atomic mass is 9.89. The van der Waals surface area contributed by atoms with Gasteiger partial charge in [-0.1, -0.05) is 24.3 Å². The number of halogens is 4. The van der Waals surface area contributed by atoms with E-state index in [0.29, 0.717) is 25.7 Å². The van der Waals surface area contributed by atoms with Gasteiger partial charge in [0.05, 0.1) is 22.1 Å². The standard InChI is InChI=1S/C23H31BrF3NO6S2/c1-14-12-16(35-22(14)24)10-8-15(29)9-11-18-17(19(30)13-20(18)31)6-4-2-3-5-7-21(32)28-36(33,34)23(25,26)27/h2,4,9,11-12,15,17-20,29-31H,3,5-8,10,13H2,1H3,(H,28,32)/t15?,17-,18-,19+,20-/m1/s1. The summed E-state index contributed by atoms with van der Waals surface area (Å²) in [5, 5.41) is 31.0. The van der Waals surface area contributed by atoms with E-state index in [0.717, 1.165) is 18.9 Å².